The van der Waals surface area contributed by atoms with E-state index in [1.807, 2.05) is 28.8 Å². The Kier molecular flexibility index (Phi) is 8.07. The molecule has 1 aromatic heterocycles. The van der Waals surface area contributed by atoms with Gasteiger partial charge in [0.1, 0.15) is 5.82 Å². The molecule has 3 rings (SSSR count). The Bertz CT molecular complexity index is 1020. The maximum Gasteiger partial charge on any atom is 0.216 e. The van der Waals surface area contributed by atoms with Crippen molar-refractivity contribution in [3.63, 3.8) is 0 Å². The van der Waals surface area contributed by atoms with Gasteiger partial charge in [0.15, 0.2) is 10.9 Å². The van der Waals surface area contributed by atoms with Crippen LogP contribution in [-0.2, 0) is 11.2 Å². The van der Waals surface area contributed by atoms with E-state index in [4.69, 9.17) is 11.6 Å². The first-order valence-corrected chi connectivity index (χ1v) is 11.5. The van der Waals surface area contributed by atoms with Gasteiger partial charge in [-0.3, -0.25) is 14.2 Å². The van der Waals surface area contributed by atoms with Crippen molar-refractivity contribution in [3.8, 4) is 5.69 Å². The van der Waals surface area contributed by atoms with E-state index < -0.39 is 0 Å². The van der Waals surface area contributed by atoms with Gasteiger partial charge in [0, 0.05) is 40.6 Å². The number of benzene rings is 2. The minimum absolute atomic E-state index is 0.00534. The van der Waals surface area contributed by atoms with Crippen molar-refractivity contribution in [3.05, 3.63) is 69.4 Å². The van der Waals surface area contributed by atoms with Gasteiger partial charge in [-0.15, -0.1) is 10.2 Å². The van der Waals surface area contributed by atoms with E-state index in [1.54, 1.807) is 24.3 Å². The van der Waals surface area contributed by atoms with E-state index in [2.05, 4.69) is 31.4 Å². The molecule has 1 heterocycles. The second kappa shape index (κ2) is 10.7. The molecule has 156 valence electrons. The minimum Gasteiger partial charge on any atom is -0.356 e. The Hall–Kier alpha value is -2.16. The van der Waals surface area contributed by atoms with Crippen LogP contribution in [0.4, 0.5) is 0 Å². The van der Waals surface area contributed by atoms with Crippen LogP contribution in [0.5, 0.6) is 0 Å². The van der Waals surface area contributed by atoms with Gasteiger partial charge in [-0.25, -0.2) is 0 Å². The van der Waals surface area contributed by atoms with Crippen molar-refractivity contribution in [2.24, 2.45) is 0 Å². The lowest BCUT2D eigenvalue weighted by molar-refractivity contribution is -0.118. The largest absolute Gasteiger partial charge is 0.356 e. The molecule has 0 aliphatic rings. The molecule has 0 fully saturated rings. The Morgan fingerprint density at radius 3 is 2.47 bits per heavy atom. The number of rotatable bonds is 9. The first-order valence-electron chi connectivity index (χ1n) is 9.30. The van der Waals surface area contributed by atoms with E-state index in [-0.39, 0.29) is 17.4 Å². The van der Waals surface area contributed by atoms with Gasteiger partial charge in [0.25, 0.3) is 0 Å². The first kappa shape index (κ1) is 22.5. The molecule has 0 saturated carbocycles. The van der Waals surface area contributed by atoms with Crippen LogP contribution in [0.25, 0.3) is 5.69 Å². The number of aromatic nitrogens is 3. The van der Waals surface area contributed by atoms with Crippen molar-refractivity contribution in [1.82, 2.24) is 20.1 Å². The van der Waals surface area contributed by atoms with Crippen LogP contribution in [0.15, 0.2) is 58.2 Å². The van der Waals surface area contributed by atoms with Gasteiger partial charge in [0.05, 0.1) is 5.75 Å². The van der Waals surface area contributed by atoms with Gasteiger partial charge in [-0.1, -0.05) is 39.3 Å². The van der Waals surface area contributed by atoms with Crippen LogP contribution in [0.3, 0.4) is 0 Å². The Labute approximate surface area is 192 Å². The molecule has 0 bridgehead atoms. The highest BCUT2D eigenvalue weighted by Crippen LogP contribution is 2.25. The van der Waals surface area contributed by atoms with Crippen molar-refractivity contribution in [2.45, 2.75) is 24.9 Å². The fourth-order valence-corrected chi connectivity index (χ4v) is 4.02. The molecule has 0 spiro atoms. The third-order valence-electron chi connectivity index (χ3n) is 4.23. The van der Waals surface area contributed by atoms with Crippen LogP contribution < -0.4 is 5.32 Å². The van der Waals surface area contributed by atoms with E-state index in [0.29, 0.717) is 28.7 Å². The molecule has 6 nitrogen and oxygen atoms in total. The summed E-state index contributed by atoms with van der Waals surface area (Å²) in [5.74, 6) is 0.960. The Balaban J connectivity index is 1.77. The van der Waals surface area contributed by atoms with Crippen LogP contribution in [0.1, 0.15) is 29.5 Å². The number of hydrogen-bond acceptors (Lipinski definition) is 5. The maximum absolute atomic E-state index is 12.5. The standard InChI is InChI=1S/C21H20BrClN4O2S/c1-14(28)24-12-2-3-20-25-26-21(27(20)18-10-6-16(22)7-11-18)30-13-19(29)15-4-8-17(23)9-5-15/h4-11H,2-3,12-13H2,1H3,(H,24,28). The van der Waals surface area contributed by atoms with Gasteiger partial charge in [0.2, 0.25) is 5.91 Å². The van der Waals surface area contributed by atoms with Crippen molar-refractivity contribution < 1.29 is 9.59 Å². The molecule has 1 N–H and O–H groups in total. The average molecular weight is 508 g/mol. The summed E-state index contributed by atoms with van der Waals surface area (Å²) in [6, 6.07) is 14.7. The zero-order chi connectivity index (χ0) is 21.5. The van der Waals surface area contributed by atoms with E-state index >= 15 is 0 Å². The summed E-state index contributed by atoms with van der Waals surface area (Å²) in [4.78, 5) is 23.6. The minimum atomic E-state index is -0.0543. The maximum atomic E-state index is 12.5. The molecule has 0 radical (unpaired) electrons. The van der Waals surface area contributed by atoms with Crippen molar-refractivity contribution in [2.75, 3.05) is 12.3 Å². The summed E-state index contributed by atoms with van der Waals surface area (Å²) in [6.07, 6.45) is 1.39. The van der Waals surface area contributed by atoms with Gasteiger partial charge in [-0.05, 0) is 55.0 Å². The van der Waals surface area contributed by atoms with Crippen LogP contribution in [0.2, 0.25) is 5.02 Å². The number of aryl methyl sites for hydroxylation is 1. The number of hydrogen-bond donors (Lipinski definition) is 1. The number of amides is 1. The summed E-state index contributed by atoms with van der Waals surface area (Å²) in [7, 11) is 0. The number of nitrogens with one attached hydrogen (secondary N) is 1. The quantitative estimate of drug-likeness (QED) is 0.257. The number of Topliss-reactive ketones (excluding diaryl/α,β-unsaturated/α-hetero) is 1. The van der Waals surface area contributed by atoms with Crippen LogP contribution in [-0.4, -0.2) is 38.8 Å². The predicted octanol–water partition coefficient (Wildman–Crippen LogP) is 4.73. The Morgan fingerprint density at radius 1 is 1.10 bits per heavy atom. The summed E-state index contributed by atoms with van der Waals surface area (Å²) in [5, 5.41) is 12.7. The molecule has 0 atom stereocenters. The molecular weight excluding hydrogens is 488 g/mol. The van der Waals surface area contributed by atoms with E-state index in [1.165, 1.54) is 18.7 Å². The van der Waals surface area contributed by atoms with E-state index in [0.717, 1.165) is 22.4 Å². The monoisotopic (exact) mass is 506 g/mol. The van der Waals surface area contributed by atoms with Crippen LogP contribution >= 0.6 is 39.3 Å². The first-order chi connectivity index (χ1) is 14.4. The molecule has 0 saturated heterocycles. The molecule has 2 aromatic carbocycles. The van der Waals surface area contributed by atoms with Crippen LogP contribution in [0, 0.1) is 0 Å². The highest BCUT2D eigenvalue weighted by molar-refractivity contribution is 9.10. The zero-order valence-electron chi connectivity index (χ0n) is 16.3. The second-order valence-electron chi connectivity index (χ2n) is 6.52. The number of carbonyl (C=O) groups is 2. The fourth-order valence-electron chi connectivity index (χ4n) is 2.77. The SMILES string of the molecule is CC(=O)NCCCc1nnc(SCC(=O)c2ccc(Cl)cc2)n1-c1ccc(Br)cc1. The molecule has 0 aliphatic heterocycles. The van der Waals surface area contributed by atoms with Gasteiger partial charge < -0.3 is 5.32 Å². The highest BCUT2D eigenvalue weighted by atomic mass is 79.9. The molecule has 0 aliphatic carbocycles. The Morgan fingerprint density at radius 2 is 1.80 bits per heavy atom. The number of carbonyl (C=O) groups excluding carboxylic acids is 2. The summed E-state index contributed by atoms with van der Waals surface area (Å²) in [6.45, 7) is 2.07. The normalized spacial score (nSPS) is 10.8. The third-order valence-corrected chi connectivity index (χ3v) is 5.94. The van der Waals surface area contributed by atoms with Crippen molar-refractivity contribution in [1.29, 1.82) is 0 Å². The lowest BCUT2D eigenvalue weighted by Crippen LogP contribution is -2.21. The third kappa shape index (κ3) is 6.17. The number of halogens is 2. The second-order valence-corrected chi connectivity index (χ2v) is 8.81. The molecule has 3 aromatic rings. The molecule has 0 unspecified atom stereocenters. The molecule has 9 heteroatoms. The smallest absolute Gasteiger partial charge is 0.216 e. The molecular formula is C21H20BrClN4O2S. The topological polar surface area (TPSA) is 76.9 Å². The highest BCUT2D eigenvalue weighted by Gasteiger charge is 2.16. The summed E-state index contributed by atoms with van der Waals surface area (Å²) in [5.41, 5.74) is 1.52. The number of ketones is 1. The fraction of sp³-hybridized carbons (Fsp3) is 0.238. The lowest BCUT2D eigenvalue weighted by atomic mass is 10.1. The van der Waals surface area contributed by atoms with Gasteiger partial charge in [-0.2, -0.15) is 0 Å². The molecule has 30 heavy (non-hydrogen) atoms. The van der Waals surface area contributed by atoms with Gasteiger partial charge >= 0.3 is 0 Å². The summed E-state index contributed by atoms with van der Waals surface area (Å²) >= 11 is 10.7. The average Bonchev–Trinajstić information content (AvgIpc) is 3.13. The van der Waals surface area contributed by atoms with E-state index in [9.17, 15) is 9.59 Å². The van der Waals surface area contributed by atoms with Crippen molar-refractivity contribution >= 4 is 51.0 Å². The zero-order valence-corrected chi connectivity index (χ0v) is 19.4. The number of nitrogens with zero attached hydrogens (tertiary/aromatic N) is 3. The summed E-state index contributed by atoms with van der Waals surface area (Å²) < 4.78 is 2.93. The number of thioether (sulfide) groups is 1. The lowest BCUT2D eigenvalue weighted by Gasteiger charge is -2.10. The predicted molar refractivity (Wildman–Crippen MR) is 123 cm³/mol. The molecule has 1 amide bonds.